The highest BCUT2D eigenvalue weighted by Crippen LogP contribution is 2.36. The Kier molecular flexibility index (Phi) is 3.83. The summed E-state index contributed by atoms with van der Waals surface area (Å²) in [4.78, 5) is 0. The van der Waals surface area contributed by atoms with Crippen LogP contribution in [0.4, 0.5) is 0 Å². The highest BCUT2D eigenvalue weighted by molar-refractivity contribution is 9.10. The topological polar surface area (TPSA) is 35.0 Å². The maximum Gasteiger partial charge on any atom is 0.159 e. The van der Waals surface area contributed by atoms with Gasteiger partial charge in [-0.1, -0.05) is 39.7 Å². The molecule has 106 valence electrons. The van der Waals surface area contributed by atoms with E-state index in [-0.39, 0.29) is 0 Å². The third-order valence-corrected chi connectivity index (χ3v) is 4.08. The van der Waals surface area contributed by atoms with Crippen LogP contribution in [0.25, 0.3) is 22.0 Å². The fourth-order valence-electron chi connectivity index (χ4n) is 2.29. The van der Waals surface area contributed by atoms with Crippen molar-refractivity contribution in [2.75, 3.05) is 7.11 Å². The molecule has 3 aromatic rings. The van der Waals surface area contributed by atoms with Crippen LogP contribution < -0.4 is 4.74 Å². The highest BCUT2D eigenvalue weighted by Gasteiger charge is 2.14. The number of benzene rings is 2. The molecule has 0 saturated heterocycles. The van der Waals surface area contributed by atoms with Crippen molar-refractivity contribution in [2.45, 2.75) is 6.92 Å². The summed E-state index contributed by atoms with van der Waals surface area (Å²) >= 11 is 9.62. The van der Waals surface area contributed by atoms with Crippen molar-refractivity contribution in [1.29, 1.82) is 0 Å². The second-order valence-electron chi connectivity index (χ2n) is 4.73. The molecule has 0 fully saturated rings. The van der Waals surface area contributed by atoms with E-state index in [1.807, 2.05) is 43.3 Å². The number of aromatic nitrogens is 2. The van der Waals surface area contributed by atoms with Crippen LogP contribution in [-0.4, -0.2) is 17.3 Å². The van der Waals surface area contributed by atoms with Gasteiger partial charge in [-0.25, -0.2) is 0 Å². The third-order valence-electron chi connectivity index (χ3n) is 3.31. The summed E-state index contributed by atoms with van der Waals surface area (Å²) in [6.07, 6.45) is 0. The van der Waals surface area contributed by atoms with Gasteiger partial charge in [-0.3, -0.25) is 0 Å². The molecule has 3 nitrogen and oxygen atoms in total. The Morgan fingerprint density at radius 3 is 2.62 bits per heavy atom. The number of hydrogen-bond donors (Lipinski definition) is 0. The molecule has 0 aliphatic heterocycles. The fraction of sp³-hybridized carbons (Fsp3) is 0.125. The van der Waals surface area contributed by atoms with Gasteiger partial charge < -0.3 is 4.74 Å². The van der Waals surface area contributed by atoms with Crippen LogP contribution in [0, 0.1) is 6.92 Å². The smallest absolute Gasteiger partial charge is 0.159 e. The molecule has 0 atom stereocenters. The average Bonchev–Trinajstić information content (AvgIpc) is 2.48. The molecule has 0 aliphatic carbocycles. The summed E-state index contributed by atoms with van der Waals surface area (Å²) in [6, 6.07) is 11.9. The van der Waals surface area contributed by atoms with Gasteiger partial charge in [-0.15, -0.1) is 10.2 Å². The largest absolute Gasteiger partial charge is 0.496 e. The van der Waals surface area contributed by atoms with Crippen LogP contribution in [0.1, 0.15) is 5.56 Å². The quantitative estimate of drug-likeness (QED) is 0.640. The van der Waals surface area contributed by atoms with Crippen LogP contribution in [0.2, 0.25) is 5.15 Å². The molecule has 0 aliphatic rings. The number of ether oxygens (including phenoxy) is 1. The molecular weight excluding hydrogens is 352 g/mol. The highest BCUT2D eigenvalue weighted by atomic mass is 79.9. The standard InChI is InChI=1S/C16H12BrClN2O/c1-9-3-5-12(14(7-9)21-2)15-11-6-4-10(17)8-13(11)16(18)20-19-15/h3-8H,1-2H3. The summed E-state index contributed by atoms with van der Waals surface area (Å²) in [6.45, 7) is 2.02. The van der Waals surface area contributed by atoms with E-state index in [1.165, 1.54) is 0 Å². The van der Waals surface area contributed by atoms with Gasteiger partial charge in [0, 0.05) is 20.8 Å². The first-order valence-electron chi connectivity index (χ1n) is 6.36. The molecule has 0 bridgehead atoms. The van der Waals surface area contributed by atoms with E-state index in [9.17, 15) is 0 Å². The van der Waals surface area contributed by atoms with Crippen LogP contribution in [-0.2, 0) is 0 Å². The SMILES string of the molecule is COc1cc(C)ccc1-c1nnc(Cl)c2cc(Br)ccc12. The molecule has 5 heteroatoms. The summed E-state index contributed by atoms with van der Waals surface area (Å²) in [5.41, 5.74) is 2.79. The van der Waals surface area contributed by atoms with Crippen molar-refractivity contribution < 1.29 is 4.74 Å². The van der Waals surface area contributed by atoms with Gasteiger partial charge in [-0.2, -0.15) is 0 Å². The van der Waals surface area contributed by atoms with E-state index in [0.717, 1.165) is 37.8 Å². The van der Waals surface area contributed by atoms with E-state index in [0.29, 0.717) is 5.15 Å². The zero-order valence-electron chi connectivity index (χ0n) is 11.5. The first-order valence-corrected chi connectivity index (χ1v) is 7.53. The number of hydrogen-bond acceptors (Lipinski definition) is 3. The molecule has 0 spiro atoms. The zero-order valence-corrected chi connectivity index (χ0v) is 13.9. The van der Waals surface area contributed by atoms with Gasteiger partial charge in [0.15, 0.2) is 5.15 Å². The first-order chi connectivity index (χ1) is 10.1. The summed E-state index contributed by atoms with van der Waals surface area (Å²) in [5.74, 6) is 0.774. The van der Waals surface area contributed by atoms with Crippen molar-refractivity contribution in [3.05, 3.63) is 51.6 Å². The predicted molar refractivity (Wildman–Crippen MR) is 89.0 cm³/mol. The first kappa shape index (κ1) is 14.3. The Hall–Kier alpha value is -1.65. The van der Waals surface area contributed by atoms with Gasteiger partial charge in [0.2, 0.25) is 0 Å². The number of methoxy groups -OCH3 is 1. The lowest BCUT2D eigenvalue weighted by atomic mass is 10.0. The molecule has 0 amide bonds. The lowest BCUT2D eigenvalue weighted by Gasteiger charge is -2.11. The molecule has 3 rings (SSSR count). The van der Waals surface area contributed by atoms with Crippen LogP contribution in [0.5, 0.6) is 5.75 Å². The average molecular weight is 364 g/mol. The van der Waals surface area contributed by atoms with E-state index < -0.39 is 0 Å². The normalized spacial score (nSPS) is 10.9. The van der Waals surface area contributed by atoms with Gasteiger partial charge >= 0.3 is 0 Å². The second-order valence-corrected chi connectivity index (χ2v) is 6.01. The predicted octanol–water partition coefficient (Wildman–Crippen LogP) is 5.03. The molecule has 2 aromatic carbocycles. The monoisotopic (exact) mass is 362 g/mol. The summed E-state index contributed by atoms with van der Waals surface area (Å²) in [5, 5.41) is 10.5. The van der Waals surface area contributed by atoms with Crippen molar-refractivity contribution in [3.8, 4) is 17.0 Å². The van der Waals surface area contributed by atoms with E-state index in [2.05, 4.69) is 26.1 Å². The Bertz CT molecular complexity index is 836. The van der Waals surface area contributed by atoms with Crippen molar-refractivity contribution in [1.82, 2.24) is 10.2 Å². The Morgan fingerprint density at radius 2 is 1.86 bits per heavy atom. The number of nitrogens with zero attached hydrogens (tertiary/aromatic N) is 2. The van der Waals surface area contributed by atoms with Crippen LogP contribution in [0.15, 0.2) is 40.9 Å². The van der Waals surface area contributed by atoms with Crippen LogP contribution in [0.3, 0.4) is 0 Å². The Morgan fingerprint density at radius 1 is 1.05 bits per heavy atom. The van der Waals surface area contributed by atoms with Crippen LogP contribution >= 0.6 is 27.5 Å². The molecular formula is C16H12BrClN2O. The van der Waals surface area contributed by atoms with Crippen molar-refractivity contribution >= 4 is 38.3 Å². The molecule has 0 unspecified atom stereocenters. The van der Waals surface area contributed by atoms with Gasteiger partial charge in [0.05, 0.1) is 7.11 Å². The third kappa shape index (κ3) is 2.61. The number of fused-ring (bicyclic) bond motifs is 1. The molecule has 1 aromatic heterocycles. The van der Waals surface area contributed by atoms with Crippen molar-refractivity contribution in [2.24, 2.45) is 0 Å². The summed E-state index contributed by atoms with van der Waals surface area (Å²) < 4.78 is 6.42. The molecule has 0 N–H and O–H groups in total. The fourth-order valence-corrected chi connectivity index (χ4v) is 2.84. The van der Waals surface area contributed by atoms with E-state index >= 15 is 0 Å². The maximum atomic E-state index is 6.16. The van der Waals surface area contributed by atoms with Gasteiger partial charge in [0.25, 0.3) is 0 Å². The molecule has 0 saturated carbocycles. The Balaban J connectivity index is 2.33. The Labute approximate surface area is 136 Å². The van der Waals surface area contributed by atoms with Gasteiger partial charge in [-0.05, 0) is 36.8 Å². The minimum absolute atomic E-state index is 0.390. The minimum atomic E-state index is 0.390. The van der Waals surface area contributed by atoms with E-state index in [1.54, 1.807) is 7.11 Å². The lowest BCUT2D eigenvalue weighted by molar-refractivity contribution is 0.416. The zero-order chi connectivity index (χ0) is 15.0. The molecule has 21 heavy (non-hydrogen) atoms. The lowest BCUT2D eigenvalue weighted by Crippen LogP contribution is -1.95. The maximum absolute atomic E-state index is 6.16. The van der Waals surface area contributed by atoms with E-state index in [4.69, 9.17) is 16.3 Å². The minimum Gasteiger partial charge on any atom is -0.496 e. The molecule has 1 heterocycles. The second kappa shape index (κ2) is 5.62. The number of aryl methyl sites for hydroxylation is 1. The summed E-state index contributed by atoms with van der Waals surface area (Å²) in [7, 11) is 1.65. The van der Waals surface area contributed by atoms with Crippen molar-refractivity contribution in [3.63, 3.8) is 0 Å². The number of rotatable bonds is 2. The van der Waals surface area contributed by atoms with Gasteiger partial charge in [0.1, 0.15) is 11.4 Å². The molecule has 0 radical (unpaired) electrons. The number of halogens is 2.